The van der Waals surface area contributed by atoms with Crippen LogP contribution in [0.2, 0.25) is 0 Å². The van der Waals surface area contributed by atoms with Gasteiger partial charge in [-0.3, -0.25) is 0 Å². The highest BCUT2D eigenvalue weighted by Gasteiger charge is 2.21. The highest BCUT2D eigenvalue weighted by atomic mass is 32.2. The first-order valence-electron chi connectivity index (χ1n) is 4.69. The number of rotatable bonds is 7. The lowest BCUT2D eigenvalue weighted by Crippen LogP contribution is -2.41. The van der Waals surface area contributed by atoms with Crippen molar-refractivity contribution in [2.75, 3.05) is 32.6 Å². The molecule has 0 aliphatic rings. The molecule has 0 spiro atoms. The summed E-state index contributed by atoms with van der Waals surface area (Å²) in [4.78, 5) is 0. The quantitative estimate of drug-likeness (QED) is 0.599. The Balaban J connectivity index is 4.17. The summed E-state index contributed by atoms with van der Waals surface area (Å²) in [6, 6.07) is -0.165. The summed E-state index contributed by atoms with van der Waals surface area (Å²) in [7, 11) is -1.68. The molecule has 6 heteroatoms. The molecule has 0 aliphatic carbocycles. The van der Waals surface area contributed by atoms with Gasteiger partial charge in [-0.2, -0.15) is 0 Å². The summed E-state index contributed by atoms with van der Waals surface area (Å²) in [5, 5.41) is 0. The number of hydrogen-bond acceptors (Lipinski definition) is 4. The molecule has 2 N–H and O–H groups in total. The van der Waals surface area contributed by atoms with E-state index in [1.807, 2.05) is 6.92 Å². The van der Waals surface area contributed by atoms with E-state index < -0.39 is 10.0 Å². The van der Waals surface area contributed by atoms with Crippen LogP contribution < -0.4 is 5.73 Å². The fourth-order valence-electron chi connectivity index (χ4n) is 0.875. The molecule has 1 atom stereocenters. The summed E-state index contributed by atoms with van der Waals surface area (Å²) >= 11 is 0. The van der Waals surface area contributed by atoms with E-state index in [1.165, 1.54) is 4.31 Å². The molecular weight excluding hydrogens is 204 g/mol. The van der Waals surface area contributed by atoms with E-state index in [0.717, 1.165) is 0 Å². The SMILES string of the molecule is CCOCCS(=O)(=O)N(C)C(C)CN. The van der Waals surface area contributed by atoms with Crippen molar-refractivity contribution in [3.8, 4) is 0 Å². The maximum atomic E-state index is 11.6. The minimum Gasteiger partial charge on any atom is -0.381 e. The first kappa shape index (κ1) is 13.8. The Morgan fingerprint density at radius 2 is 2.07 bits per heavy atom. The summed E-state index contributed by atoms with van der Waals surface area (Å²) < 4.78 is 29.5. The molecular formula is C8H20N2O3S. The summed E-state index contributed by atoms with van der Waals surface area (Å²) in [6.45, 7) is 4.70. The Morgan fingerprint density at radius 1 is 1.50 bits per heavy atom. The van der Waals surface area contributed by atoms with Gasteiger partial charge in [0.25, 0.3) is 0 Å². The molecule has 0 aromatic heterocycles. The molecule has 0 aromatic rings. The van der Waals surface area contributed by atoms with Gasteiger partial charge in [0.2, 0.25) is 10.0 Å². The van der Waals surface area contributed by atoms with E-state index in [1.54, 1.807) is 14.0 Å². The van der Waals surface area contributed by atoms with Crippen molar-refractivity contribution in [3.63, 3.8) is 0 Å². The van der Waals surface area contributed by atoms with Gasteiger partial charge in [-0.25, -0.2) is 12.7 Å². The highest BCUT2D eigenvalue weighted by molar-refractivity contribution is 7.89. The van der Waals surface area contributed by atoms with Crippen LogP contribution in [0.4, 0.5) is 0 Å². The van der Waals surface area contributed by atoms with Crippen LogP contribution >= 0.6 is 0 Å². The van der Waals surface area contributed by atoms with Crippen LogP contribution in [0.1, 0.15) is 13.8 Å². The van der Waals surface area contributed by atoms with Crippen LogP contribution in [0.15, 0.2) is 0 Å². The fraction of sp³-hybridized carbons (Fsp3) is 1.00. The topological polar surface area (TPSA) is 72.6 Å². The molecule has 0 heterocycles. The van der Waals surface area contributed by atoms with Gasteiger partial charge in [0, 0.05) is 26.2 Å². The van der Waals surface area contributed by atoms with Gasteiger partial charge >= 0.3 is 0 Å². The number of sulfonamides is 1. The standard InChI is InChI=1S/C8H20N2O3S/c1-4-13-5-6-14(11,12)10(3)8(2)7-9/h8H,4-7,9H2,1-3H3. The third-order valence-corrected chi connectivity index (χ3v) is 4.01. The van der Waals surface area contributed by atoms with Crippen LogP contribution in [-0.2, 0) is 14.8 Å². The van der Waals surface area contributed by atoms with Crippen molar-refractivity contribution in [2.24, 2.45) is 5.73 Å². The number of nitrogens with two attached hydrogens (primary N) is 1. The van der Waals surface area contributed by atoms with Crippen LogP contribution in [0.25, 0.3) is 0 Å². The lowest BCUT2D eigenvalue weighted by Gasteiger charge is -2.22. The molecule has 0 rings (SSSR count). The molecule has 86 valence electrons. The van der Waals surface area contributed by atoms with Gasteiger partial charge in [-0.1, -0.05) is 0 Å². The molecule has 14 heavy (non-hydrogen) atoms. The molecule has 0 aliphatic heterocycles. The molecule has 0 amide bonds. The van der Waals surface area contributed by atoms with E-state index in [0.29, 0.717) is 13.2 Å². The normalized spacial score (nSPS) is 14.6. The lowest BCUT2D eigenvalue weighted by molar-refractivity contribution is 0.162. The molecule has 0 aromatic carbocycles. The number of hydrogen-bond donors (Lipinski definition) is 1. The van der Waals surface area contributed by atoms with Crippen molar-refractivity contribution in [1.29, 1.82) is 0 Å². The number of nitrogens with zero attached hydrogens (tertiary/aromatic N) is 1. The van der Waals surface area contributed by atoms with Gasteiger partial charge in [-0.15, -0.1) is 0 Å². The average molecular weight is 224 g/mol. The Labute approximate surface area is 86.3 Å². The first-order chi connectivity index (χ1) is 6.45. The van der Waals surface area contributed by atoms with Crippen LogP contribution in [0.3, 0.4) is 0 Å². The molecule has 5 nitrogen and oxygen atoms in total. The Kier molecular flexibility index (Phi) is 6.26. The maximum Gasteiger partial charge on any atom is 0.216 e. The zero-order valence-electron chi connectivity index (χ0n) is 9.06. The van der Waals surface area contributed by atoms with Crippen molar-refractivity contribution in [2.45, 2.75) is 19.9 Å². The minimum atomic E-state index is -3.22. The van der Waals surface area contributed by atoms with Gasteiger partial charge < -0.3 is 10.5 Å². The molecule has 1 unspecified atom stereocenters. The van der Waals surface area contributed by atoms with Crippen molar-refractivity contribution in [3.05, 3.63) is 0 Å². The van der Waals surface area contributed by atoms with E-state index in [4.69, 9.17) is 10.5 Å². The fourth-order valence-corrected chi connectivity index (χ4v) is 2.13. The molecule has 0 saturated heterocycles. The predicted octanol–water partition coefficient (Wildman–Crippen LogP) is -0.368. The first-order valence-corrected chi connectivity index (χ1v) is 6.30. The summed E-state index contributed by atoms with van der Waals surface area (Å²) in [5.74, 6) is 0.0156. The third-order valence-electron chi connectivity index (χ3n) is 2.09. The lowest BCUT2D eigenvalue weighted by atomic mass is 10.4. The van der Waals surface area contributed by atoms with Crippen molar-refractivity contribution < 1.29 is 13.2 Å². The molecule has 0 saturated carbocycles. The van der Waals surface area contributed by atoms with Gasteiger partial charge in [0.15, 0.2) is 0 Å². The van der Waals surface area contributed by atoms with Gasteiger partial charge in [0.05, 0.1) is 12.4 Å². The van der Waals surface area contributed by atoms with Crippen molar-refractivity contribution >= 4 is 10.0 Å². The second-order valence-corrected chi connectivity index (χ2v) is 5.26. The average Bonchev–Trinajstić information content (AvgIpc) is 2.15. The van der Waals surface area contributed by atoms with Crippen LogP contribution in [-0.4, -0.2) is 51.3 Å². The van der Waals surface area contributed by atoms with E-state index in [2.05, 4.69) is 0 Å². The van der Waals surface area contributed by atoms with Gasteiger partial charge in [-0.05, 0) is 13.8 Å². The highest BCUT2D eigenvalue weighted by Crippen LogP contribution is 2.03. The van der Waals surface area contributed by atoms with Crippen LogP contribution in [0, 0.1) is 0 Å². The predicted molar refractivity (Wildman–Crippen MR) is 56.6 cm³/mol. The zero-order valence-corrected chi connectivity index (χ0v) is 9.88. The number of ether oxygens (including phenoxy) is 1. The smallest absolute Gasteiger partial charge is 0.216 e. The minimum absolute atomic E-state index is 0.0156. The Bertz CT molecular complexity index is 241. The Hall–Kier alpha value is -0.170. The molecule has 0 radical (unpaired) electrons. The Morgan fingerprint density at radius 3 is 2.50 bits per heavy atom. The van der Waals surface area contributed by atoms with Crippen molar-refractivity contribution in [1.82, 2.24) is 4.31 Å². The monoisotopic (exact) mass is 224 g/mol. The largest absolute Gasteiger partial charge is 0.381 e. The van der Waals surface area contributed by atoms with E-state index >= 15 is 0 Å². The second kappa shape index (κ2) is 6.34. The molecule has 0 bridgehead atoms. The molecule has 0 fully saturated rings. The zero-order chi connectivity index (χ0) is 11.2. The van der Waals surface area contributed by atoms with E-state index in [-0.39, 0.29) is 18.4 Å². The third kappa shape index (κ3) is 4.36. The summed E-state index contributed by atoms with van der Waals surface area (Å²) in [6.07, 6.45) is 0. The van der Waals surface area contributed by atoms with E-state index in [9.17, 15) is 8.42 Å². The number of likely N-dealkylation sites (N-methyl/N-ethyl adjacent to an activating group) is 1. The summed E-state index contributed by atoms with van der Waals surface area (Å²) in [5.41, 5.74) is 5.39. The van der Waals surface area contributed by atoms with Crippen LogP contribution in [0.5, 0.6) is 0 Å². The van der Waals surface area contributed by atoms with Gasteiger partial charge in [0.1, 0.15) is 0 Å². The maximum absolute atomic E-state index is 11.6. The second-order valence-electron chi connectivity index (χ2n) is 3.11.